The fraction of sp³-hybridized carbons (Fsp3) is 0.600. The van der Waals surface area contributed by atoms with Gasteiger partial charge in [-0.1, -0.05) is 6.92 Å². The second-order valence-corrected chi connectivity index (χ2v) is 5.77. The lowest BCUT2D eigenvalue weighted by molar-refractivity contribution is -0.150. The van der Waals surface area contributed by atoms with E-state index in [9.17, 15) is 14.7 Å². The van der Waals surface area contributed by atoms with Crippen LogP contribution in [0.15, 0.2) is 10.5 Å². The molecule has 2 rings (SSSR count). The summed E-state index contributed by atoms with van der Waals surface area (Å²) in [5, 5.41) is 9.29. The third-order valence-electron chi connectivity index (χ3n) is 4.05. The van der Waals surface area contributed by atoms with Crippen LogP contribution >= 0.6 is 0 Å². The Labute approximate surface area is 118 Å². The number of aryl methyl sites for hydroxylation is 2. The molecule has 110 valence electrons. The van der Waals surface area contributed by atoms with Gasteiger partial charge in [-0.2, -0.15) is 0 Å². The molecule has 1 aromatic heterocycles. The number of carbonyl (C=O) groups excluding carboxylic acids is 1. The van der Waals surface area contributed by atoms with E-state index in [0.29, 0.717) is 25.1 Å². The molecular weight excluding hydrogens is 258 g/mol. The quantitative estimate of drug-likeness (QED) is 0.922. The van der Waals surface area contributed by atoms with Crippen LogP contribution in [0.4, 0.5) is 0 Å². The smallest absolute Gasteiger partial charge is 0.311 e. The third-order valence-corrected chi connectivity index (χ3v) is 4.05. The second kappa shape index (κ2) is 5.31. The first-order valence-electron chi connectivity index (χ1n) is 6.99. The standard InChI is InChI=1S/C15H21NO4/c1-4-11-10(2)8-12(20-11)13(17)16-7-5-6-15(3,9-16)14(18)19/h8H,4-7,9H2,1-3H3,(H,18,19). The van der Waals surface area contributed by atoms with Crippen LogP contribution in [0.2, 0.25) is 0 Å². The number of hydrogen-bond donors (Lipinski definition) is 1. The Hall–Kier alpha value is -1.78. The molecule has 1 atom stereocenters. The van der Waals surface area contributed by atoms with Gasteiger partial charge in [0.05, 0.1) is 5.41 Å². The van der Waals surface area contributed by atoms with Gasteiger partial charge in [0.25, 0.3) is 5.91 Å². The Kier molecular flexibility index (Phi) is 3.88. The monoisotopic (exact) mass is 279 g/mol. The largest absolute Gasteiger partial charge is 0.481 e. The highest BCUT2D eigenvalue weighted by atomic mass is 16.4. The van der Waals surface area contributed by atoms with Crippen molar-refractivity contribution >= 4 is 11.9 Å². The van der Waals surface area contributed by atoms with Gasteiger partial charge in [0, 0.05) is 19.5 Å². The van der Waals surface area contributed by atoms with E-state index in [4.69, 9.17) is 4.42 Å². The van der Waals surface area contributed by atoms with Crippen LogP contribution in [0, 0.1) is 12.3 Å². The minimum Gasteiger partial charge on any atom is -0.481 e. The summed E-state index contributed by atoms with van der Waals surface area (Å²) in [5.74, 6) is 0.0696. The third kappa shape index (κ3) is 2.57. The summed E-state index contributed by atoms with van der Waals surface area (Å²) >= 11 is 0. The van der Waals surface area contributed by atoms with Crippen molar-refractivity contribution in [1.82, 2.24) is 4.90 Å². The van der Waals surface area contributed by atoms with Crippen LogP contribution in [-0.4, -0.2) is 35.0 Å². The molecule has 0 aromatic carbocycles. The molecule has 0 radical (unpaired) electrons. The van der Waals surface area contributed by atoms with Crippen LogP contribution in [0.1, 0.15) is 48.6 Å². The summed E-state index contributed by atoms with van der Waals surface area (Å²) in [4.78, 5) is 25.3. The average Bonchev–Trinajstić information content (AvgIpc) is 2.79. The van der Waals surface area contributed by atoms with E-state index in [1.807, 2.05) is 13.8 Å². The maximum atomic E-state index is 12.4. The highest BCUT2D eigenvalue weighted by Gasteiger charge is 2.40. The lowest BCUT2D eigenvalue weighted by atomic mass is 9.82. The van der Waals surface area contributed by atoms with Gasteiger partial charge in [-0.05, 0) is 38.3 Å². The van der Waals surface area contributed by atoms with Crippen molar-refractivity contribution in [1.29, 1.82) is 0 Å². The van der Waals surface area contributed by atoms with Gasteiger partial charge in [0.1, 0.15) is 5.76 Å². The lowest BCUT2D eigenvalue weighted by Crippen LogP contribution is -2.48. The van der Waals surface area contributed by atoms with Gasteiger partial charge in [0.2, 0.25) is 0 Å². The van der Waals surface area contributed by atoms with Gasteiger partial charge in [-0.25, -0.2) is 0 Å². The highest BCUT2D eigenvalue weighted by molar-refractivity contribution is 5.92. The molecule has 0 saturated carbocycles. The Morgan fingerprint density at radius 1 is 1.50 bits per heavy atom. The first kappa shape index (κ1) is 14.6. The molecule has 0 bridgehead atoms. The predicted molar refractivity (Wildman–Crippen MR) is 73.7 cm³/mol. The molecule has 2 heterocycles. The molecule has 1 aliphatic rings. The number of rotatable bonds is 3. The minimum absolute atomic E-state index is 0.208. The number of nitrogens with zero attached hydrogens (tertiary/aromatic N) is 1. The van der Waals surface area contributed by atoms with E-state index in [2.05, 4.69) is 0 Å². The van der Waals surface area contributed by atoms with Crippen molar-refractivity contribution in [3.63, 3.8) is 0 Å². The van der Waals surface area contributed by atoms with Crippen molar-refractivity contribution < 1.29 is 19.1 Å². The summed E-state index contributed by atoms with van der Waals surface area (Å²) in [5.41, 5.74) is 0.109. The molecule has 5 heteroatoms. The average molecular weight is 279 g/mol. The van der Waals surface area contributed by atoms with Gasteiger partial charge in [0.15, 0.2) is 5.76 Å². The Balaban J connectivity index is 2.18. The number of amides is 1. The predicted octanol–water partition coefficient (Wildman–Crippen LogP) is 2.48. The zero-order valence-electron chi connectivity index (χ0n) is 12.2. The maximum Gasteiger partial charge on any atom is 0.311 e. The highest BCUT2D eigenvalue weighted by Crippen LogP contribution is 2.30. The van der Waals surface area contributed by atoms with Crippen LogP contribution in [0.3, 0.4) is 0 Å². The van der Waals surface area contributed by atoms with Gasteiger partial charge >= 0.3 is 5.97 Å². The summed E-state index contributed by atoms with van der Waals surface area (Å²) < 4.78 is 5.57. The fourth-order valence-electron chi connectivity index (χ4n) is 2.72. The van der Waals surface area contributed by atoms with Crippen LogP contribution in [0.5, 0.6) is 0 Å². The number of hydrogen-bond acceptors (Lipinski definition) is 3. The SMILES string of the molecule is CCc1oc(C(=O)N2CCCC(C)(C(=O)O)C2)cc1C. The van der Waals surface area contributed by atoms with Crippen LogP contribution in [0.25, 0.3) is 0 Å². The second-order valence-electron chi connectivity index (χ2n) is 5.77. The van der Waals surface area contributed by atoms with E-state index in [1.165, 1.54) is 0 Å². The van der Waals surface area contributed by atoms with Crippen molar-refractivity contribution in [2.75, 3.05) is 13.1 Å². The topological polar surface area (TPSA) is 70.8 Å². The number of aliphatic carboxylic acids is 1. The number of likely N-dealkylation sites (tertiary alicyclic amines) is 1. The number of carbonyl (C=O) groups is 2. The van der Waals surface area contributed by atoms with Crippen LogP contribution in [-0.2, 0) is 11.2 Å². The Bertz CT molecular complexity index is 534. The Morgan fingerprint density at radius 3 is 2.75 bits per heavy atom. The molecular formula is C15H21NO4. The van der Waals surface area contributed by atoms with E-state index in [0.717, 1.165) is 17.7 Å². The molecule has 1 unspecified atom stereocenters. The summed E-state index contributed by atoms with van der Waals surface area (Å²) in [6, 6.07) is 1.74. The normalized spacial score (nSPS) is 22.9. The van der Waals surface area contributed by atoms with Crippen molar-refractivity contribution in [3.8, 4) is 0 Å². The zero-order chi connectivity index (χ0) is 14.9. The number of piperidine rings is 1. The van der Waals surface area contributed by atoms with Crippen molar-refractivity contribution in [3.05, 3.63) is 23.2 Å². The molecule has 0 spiro atoms. The van der Waals surface area contributed by atoms with E-state index in [1.54, 1.807) is 17.9 Å². The van der Waals surface area contributed by atoms with Gasteiger partial charge in [-0.15, -0.1) is 0 Å². The molecule has 1 fully saturated rings. The van der Waals surface area contributed by atoms with Crippen molar-refractivity contribution in [2.45, 2.75) is 40.0 Å². The Morgan fingerprint density at radius 2 is 2.20 bits per heavy atom. The lowest BCUT2D eigenvalue weighted by Gasteiger charge is -2.37. The van der Waals surface area contributed by atoms with Crippen LogP contribution < -0.4 is 0 Å². The summed E-state index contributed by atoms with van der Waals surface area (Å²) in [6.45, 7) is 6.41. The molecule has 0 aliphatic carbocycles. The molecule has 1 N–H and O–H groups in total. The molecule has 1 saturated heterocycles. The van der Waals surface area contributed by atoms with E-state index in [-0.39, 0.29) is 12.5 Å². The fourth-order valence-corrected chi connectivity index (χ4v) is 2.72. The molecule has 1 aliphatic heterocycles. The molecule has 20 heavy (non-hydrogen) atoms. The molecule has 5 nitrogen and oxygen atoms in total. The number of furan rings is 1. The number of carboxylic acid groups (broad SMARTS) is 1. The summed E-state index contributed by atoms with van der Waals surface area (Å²) in [6.07, 6.45) is 2.05. The molecule has 1 amide bonds. The zero-order valence-corrected chi connectivity index (χ0v) is 12.2. The molecule has 1 aromatic rings. The van der Waals surface area contributed by atoms with Crippen molar-refractivity contribution in [2.24, 2.45) is 5.41 Å². The first-order chi connectivity index (χ1) is 9.37. The number of carboxylic acids is 1. The van der Waals surface area contributed by atoms with Gasteiger partial charge in [-0.3, -0.25) is 9.59 Å². The summed E-state index contributed by atoms with van der Waals surface area (Å²) in [7, 11) is 0. The van der Waals surface area contributed by atoms with E-state index >= 15 is 0 Å². The first-order valence-corrected chi connectivity index (χ1v) is 6.99. The maximum absolute atomic E-state index is 12.4. The minimum atomic E-state index is -0.858. The van der Waals surface area contributed by atoms with E-state index < -0.39 is 11.4 Å². The van der Waals surface area contributed by atoms with Gasteiger partial charge < -0.3 is 14.4 Å².